The van der Waals surface area contributed by atoms with Crippen molar-refractivity contribution in [2.75, 3.05) is 4.90 Å². The smallest absolute Gasteiger partial charge is 0.435 e. The van der Waals surface area contributed by atoms with E-state index >= 15 is 13.2 Å². The number of amides is 2. The highest BCUT2D eigenvalue weighted by Crippen LogP contribution is 2.45. The van der Waals surface area contributed by atoms with E-state index in [1.54, 1.807) is 20.8 Å². The summed E-state index contributed by atoms with van der Waals surface area (Å²) in [6.07, 6.45) is -5.93. The van der Waals surface area contributed by atoms with Crippen LogP contribution in [0.2, 0.25) is 0 Å². The molecule has 2 aromatic carbocycles. The molecule has 49 heavy (non-hydrogen) atoms. The zero-order chi connectivity index (χ0) is 36.1. The van der Waals surface area contributed by atoms with Gasteiger partial charge >= 0.3 is 12.3 Å². The van der Waals surface area contributed by atoms with Gasteiger partial charge in [0.1, 0.15) is 22.9 Å². The molecule has 0 spiro atoms. The number of alkyl halides is 5. The zero-order valence-corrected chi connectivity index (χ0v) is 26.7. The molecule has 11 nitrogen and oxygen atoms in total. The largest absolute Gasteiger partial charge is 0.444 e. The summed E-state index contributed by atoms with van der Waals surface area (Å²) in [4.78, 5) is 27.6. The van der Waals surface area contributed by atoms with E-state index in [2.05, 4.69) is 20.6 Å². The van der Waals surface area contributed by atoms with E-state index in [0.29, 0.717) is 11.6 Å². The maximum absolute atomic E-state index is 15.9. The number of carbonyl (C=O) groups excluding carboxylic acids is 2. The van der Waals surface area contributed by atoms with Crippen molar-refractivity contribution >= 4 is 17.7 Å². The second kappa shape index (κ2) is 12.2. The number of benzene rings is 2. The van der Waals surface area contributed by atoms with Crippen LogP contribution in [0.1, 0.15) is 63.8 Å². The number of rotatable bonds is 6. The van der Waals surface area contributed by atoms with Crippen LogP contribution in [0.3, 0.4) is 0 Å². The average Bonchev–Trinajstić information content (AvgIpc) is 3.69. The molecule has 17 heteroatoms. The number of halogens is 6. The lowest BCUT2D eigenvalue weighted by Gasteiger charge is -2.27. The molecule has 0 unspecified atom stereocenters. The third-order valence-electron chi connectivity index (χ3n) is 7.38. The first kappa shape index (κ1) is 34.9. The Morgan fingerprint density at radius 2 is 1.78 bits per heavy atom. The highest BCUT2D eigenvalue weighted by atomic mass is 19.4. The van der Waals surface area contributed by atoms with Crippen LogP contribution < -0.4 is 10.2 Å². The third kappa shape index (κ3) is 7.37. The van der Waals surface area contributed by atoms with Crippen molar-refractivity contribution < 1.29 is 45.1 Å². The summed E-state index contributed by atoms with van der Waals surface area (Å²) in [5, 5.41) is 22.7. The first-order valence-corrected chi connectivity index (χ1v) is 14.7. The SMILES string of the molecule is CC(C)(C)OC(=O)N[C@H]1CC(F)(F)c2cc(F)c(-c3nnc(C(C)(C)C#N)o3)cc2N(Cc2ccc(-n3ccc(C(F)(F)F)n3)cc2)C1=O. The van der Waals surface area contributed by atoms with Gasteiger partial charge in [0, 0.05) is 18.2 Å². The van der Waals surface area contributed by atoms with Crippen LogP contribution >= 0.6 is 0 Å². The maximum Gasteiger partial charge on any atom is 0.435 e. The number of carbonyl (C=O) groups is 2. The summed E-state index contributed by atoms with van der Waals surface area (Å²) in [5.74, 6) is -6.65. The summed E-state index contributed by atoms with van der Waals surface area (Å²) in [6, 6.07) is 8.10. The molecule has 0 aliphatic carbocycles. The summed E-state index contributed by atoms with van der Waals surface area (Å²) in [7, 11) is 0. The van der Waals surface area contributed by atoms with Crippen molar-refractivity contribution in [3.8, 4) is 23.2 Å². The van der Waals surface area contributed by atoms with Gasteiger partial charge in [0.05, 0.1) is 29.6 Å². The average molecular weight is 690 g/mol. The fraction of sp³-hybridized carbons (Fsp3) is 0.375. The maximum atomic E-state index is 15.9. The van der Waals surface area contributed by atoms with Gasteiger partial charge in [-0.2, -0.15) is 23.5 Å². The lowest BCUT2D eigenvalue weighted by Crippen LogP contribution is -2.49. The second-order valence-corrected chi connectivity index (χ2v) is 12.8. The topological polar surface area (TPSA) is 139 Å². The highest BCUT2D eigenvalue weighted by Gasteiger charge is 2.47. The number of ether oxygens (including phenoxy) is 1. The van der Waals surface area contributed by atoms with Crippen molar-refractivity contribution in [3.63, 3.8) is 0 Å². The van der Waals surface area contributed by atoms with Crippen LogP contribution in [-0.2, 0) is 33.6 Å². The number of nitrogens with one attached hydrogen (secondary N) is 1. The second-order valence-electron chi connectivity index (χ2n) is 12.8. The predicted octanol–water partition coefficient (Wildman–Crippen LogP) is 6.80. The Morgan fingerprint density at radius 1 is 1.10 bits per heavy atom. The van der Waals surface area contributed by atoms with Gasteiger partial charge < -0.3 is 19.4 Å². The first-order chi connectivity index (χ1) is 22.7. The molecule has 1 aliphatic heterocycles. The van der Waals surface area contributed by atoms with Gasteiger partial charge in [-0.25, -0.2) is 22.6 Å². The lowest BCUT2D eigenvalue weighted by atomic mass is 9.96. The third-order valence-corrected chi connectivity index (χ3v) is 7.38. The number of hydrogen-bond acceptors (Lipinski definition) is 8. The van der Waals surface area contributed by atoms with Crippen LogP contribution in [-0.4, -0.2) is 43.6 Å². The van der Waals surface area contributed by atoms with Crippen molar-refractivity contribution in [1.82, 2.24) is 25.3 Å². The monoisotopic (exact) mass is 689 g/mol. The summed E-state index contributed by atoms with van der Waals surface area (Å²) in [6.45, 7) is 7.18. The molecule has 0 bridgehead atoms. The van der Waals surface area contributed by atoms with Crippen molar-refractivity contribution in [3.05, 3.63) is 77.2 Å². The Labute approximate surface area is 275 Å². The molecule has 0 fully saturated rings. The fourth-order valence-corrected chi connectivity index (χ4v) is 4.92. The Morgan fingerprint density at radius 3 is 2.37 bits per heavy atom. The Bertz CT molecular complexity index is 1940. The van der Waals surface area contributed by atoms with Crippen LogP contribution in [0.15, 0.2) is 53.1 Å². The molecule has 5 rings (SSSR count). The Kier molecular flexibility index (Phi) is 8.73. The number of fused-ring (bicyclic) bond motifs is 1. The van der Waals surface area contributed by atoms with E-state index < -0.39 is 88.3 Å². The molecule has 4 aromatic rings. The quantitative estimate of drug-likeness (QED) is 0.218. The van der Waals surface area contributed by atoms with E-state index in [1.165, 1.54) is 38.1 Å². The molecule has 0 saturated heterocycles. The Balaban J connectivity index is 1.58. The van der Waals surface area contributed by atoms with Crippen LogP contribution in [0.25, 0.3) is 17.1 Å². The van der Waals surface area contributed by atoms with Gasteiger partial charge in [-0.3, -0.25) is 4.79 Å². The van der Waals surface area contributed by atoms with Crippen molar-refractivity contribution in [2.45, 2.75) is 76.7 Å². The Hall–Kier alpha value is -5.40. The van der Waals surface area contributed by atoms with E-state index in [-0.39, 0.29) is 11.6 Å². The normalized spacial score (nSPS) is 16.5. The van der Waals surface area contributed by atoms with Gasteiger partial charge in [0.25, 0.3) is 11.8 Å². The zero-order valence-electron chi connectivity index (χ0n) is 26.7. The number of aromatic nitrogens is 4. The minimum atomic E-state index is -4.66. The molecular weight excluding hydrogens is 660 g/mol. The van der Waals surface area contributed by atoms with Crippen molar-refractivity contribution in [1.29, 1.82) is 5.26 Å². The minimum absolute atomic E-state index is 0.168. The van der Waals surface area contributed by atoms with E-state index in [9.17, 15) is 28.0 Å². The summed E-state index contributed by atoms with van der Waals surface area (Å²) in [5.41, 5.74) is -4.59. The lowest BCUT2D eigenvalue weighted by molar-refractivity contribution is -0.141. The van der Waals surface area contributed by atoms with Gasteiger partial charge in [-0.15, -0.1) is 10.2 Å². The van der Waals surface area contributed by atoms with Crippen molar-refractivity contribution in [2.24, 2.45) is 0 Å². The number of nitriles is 1. The summed E-state index contributed by atoms with van der Waals surface area (Å²) < 4.78 is 98.3. The molecule has 1 atom stereocenters. The number of nitrogens with zero attached hydrogens (tertiary/aromatic N) is 6. The molecule has 2 amide bonds. The molecular formula is C32H29F6N7O4. The van der Waals surface area contributed by atoms with Crippen LogP contribution in [0.5, 0.6) is 0 Å². The standard InChI is InChI=1S/C32H29F6N7O4/c1-29(2,3)49-28(47)40-22-14-31(34,35)20-13-21(33)19(25-41-42-27(48-25)30(4,5)16-39)12-23(20)44(26(22)46)15-17-6-8-18(9-7-17)45-11-10-24(43-45)32(36,37)38/h6-13,22H,14-15H2,1-5H3,(H,40,47)/t22-/m0/s1. The van der Waals surface area contributed by atoms with E-state index in [0.717, 1.165) is 27.9 Å². The van der Waals surface area contributed by atoms with E-state index in [1.807, 2.05) is 6.07 Å². The molecule has 0 radical (unpaired) electrons. The molecule has 258 valence electrons. The van der Waals surface area contributed by atoms with E-state index in [4.69, 9.17) is 9.15 Å². The number of anilines is 1. The predicted molar refractivity (Wildman–Crippen MR) is 160 cm³/mol. The van der Waals surface area contributed by atoms with Gasteiger partial charge in [-0.05, 0) is 70.5 Å². The number of hydrogen-bond donors (Lipinski definition) is 1. The molecule has 0 saturated carbocycles. The highest BCUT2D eigenvalue weighted by molar-refractivity contribution is 6.00. The van der Waals surface area contributed by atoms with Gasteiger partial charge in [-0.1, -0.05) is 12.1 Å². The van der Waals surface area contributed by atoms with Gasteiger partial charge in [0.2, 0.25) is 11.8 Å². The summed E-state index contributed by atoms with van der Waals surface area (Å²) >= 11 is 0. The van der Waals surface area contributed by atoms with Crippen LogP contribution in [0.4, 0.5) is 36.8 Å². The minimum Gasteiger partial charge on any atom is -0.444 e. The number of alkyl carbamates (subject to hydrolysis) is 1. The first-order valence-electron chi connectivity index (χ1n) is 14.7. The molecule has 3 heterocycles. The van der Waals surface area contributed by atoms with Gasteiger partial charge in [0.15, 0.2) is 5.69 Å². The molecule has 1 aliphatic rings. The molecule has 1 N–H and O–H groups in total. The molecule has 2 aromatic heterocycles. The fourth-order valence-electron chi connectivity index (χ4n) is 4.92. The van der Waals surface area contributed by atoms with Crippen LogP contribution in [0, 0.1) is 17.1 Å².